The Labute approximate surface area is 128 Å². The fourth-order valence-corrected chi connectivity index (χ4v) is 3.01. The number of allylic oxidation sites excluding steroid dienone is 2. The monoisotopic (exact) mass is 283 g/mol. The lowest BCUT2D eigenvalue weighted by Crippen LogP contribution is -2.21. The Kier molecular flexibility index (Phi) is 6.50. The first kappa shape index (κ1) is 15.8. The Balaban J connectivity index is 1.71. The predicted octanol–water partition coefficient (Wildman–Crippen LogP) is 4.96. The highest BCUT2D eigenvalue weighted by molar-refractivity contribution is 5.33. The fraction of sp³-hybridized carbons (Fsp3) is 0.526. The van der Waals surface area contributed by atoms with Gasteiger partial charge in [0.2, 0.25) is 0 Å². The van der Waals surface area contributed by atoms with Crippen molar-refractivity contribution in [3.05, 3.63) is 47.5 Å². The van der Waals surface area contributed by atoms with Crippen LogP contribution in [-0.4, -0.2) is 12.7 Å². The van der Waals surface area contributed by atoms with E-state index in [1.54, 1.807) is 0 Å². The third kappa shape index (κ3) is 5.02. The van der Waals surface area contributed by atoms with Crippen LogP contribution in [0.2, 0.25) is 0 Å². The summed E-state index contributed by atoms with van der Waals surface area (Å²) in [5.74, 6) is 0.639. The van der Waals surface area contributed by atoms with Crippen molar-refractivity contribution >= 4 is 0 Å². The highest BCUT2D eigenvalue weighted by Crippen LogP contribution is 2.34. The molecule has 112 valence electrons. The smallest absolute Gasteiger partial charge is 0.0991 e. The zero-order valence-electron chi connectivity index (χ0n) is 12.9. The second-order valence-electron chi connectivity index (χ2n) is 5.79. The number of hydrogen-bond donors (Lipinski definition) is 0. The Hall–Kier alpha value is -1.59. The second kappa shape index (κ2) is 8.64. The Morgan fingerprint density at radius 3 is 2.52 bits per heavy atom. The molecule has 0 aromatic heterocycles. The summed E-state index contributed by atoms with van der Waals surface area (Å²) in [6, 6.07) is 10.3. The average molecular weight is 283 g/mol. The molecule has 0 aliphatic heterocycles. The van der Waals surface area contributed by atoms with Crippen molar-refractivity contribution in [2.24, 2.45) is 0 Å². The molecule has 0 amide bonds. The van der Waals surface area contributed by atoms with Gasteiger partial charge in [0.15, 0.2) is 0 Å². The summed E-state index contributed by atoms with van der Waals surface area (Å²) in [4.78, 5) is 0. The molecule has 0 saturated heterocycles. The number of nitriles is 1. The standard InChI is InChI=1S/C19H25NO/c1-2-3-4-5-14-21-19-12-10-18(11-13-19)17-8-6-16(15-20)7-9-17/h2-3,6-9,18-19H,4-5,10-14H2,1H3. The Morgan fingerprint density at radius 1 is 1.19 bits per heavy atom. The van der Waals surface area contributed by atoms with Gasteiger partial charge in [0.05, 0.1) is 17.7 Å². The minimum absolute atomic E-state index is 0.449. The molecule has 1 aromatic carbocycles. The SMILES string of the molecule is CC=CCCCOC1CCC(c2ccc(C#N)cc2)CC1. The van der Waals surface area contributed by atoms with Gasteiger partial charge in [-0.25, -0.2) is 0 Å². The molecule has 0 atom stereocenters. The van der Waals surface area contributed by atoms with E-state index < -0.39 is 0 Å². The van der Waals surface area contributed by atoms with Gasteiger partial charge in [-0.05, 0) is 69.1 Å². The van der Waals surface area contributed by atoms with Crippen molar-refractivity contribution in [2.45, 2.75) is 57.5 Å². The summed E-state index contributed by atoms with van der Waals surface area (Å²) in [6.45, 7) is 2.95. The first-order chi connectivity index (χ1) is 10.3. The van der Waals surface area contributed by atoms with E-state index in [-0.39, 0.29) is 0 Å². The van der Waals surface area contributed by atoms with Crippen LogP contribution in [0.25, 0.3) is 0 Å². The van der Waals surface area contributed by atoms with Crippen LogP contribution < -0.4 is 0 Å². The van der Waals surface area contributed by atoms with Crippen LogP contribution in [0.3, 0.4) is 0 Å². The van der Waals surface area contributed by atoms with Crippen molar-refractivity contribution < 1.29 is 4.74 Å². The Bertz CT molecular complexity index is 475. The van der Waals surface area contributed by atoms with Crippen molar-refractivity contribution in [1.82, 2.24) is 0 Å². The summed E-state index contributed by atoms with van der Waals surface area (Å²) in [5, 5.41) is 8.84. The van der Waals surface area contributed by atoms with E-state index in [2.05, 4.69) is 37.3 Å². The number of ether oxygens (including phenoxy) is 1. The van der Waals surface area contributed by atoms with Gasteiger partial charge in [-0.2, -0.15) is 5.26 Å². The molecule has 0 radical (unpaired) electrons. The zero-order chi connectivity index (χ0) is 14.9. The van der Waals surface area contributed by atoms with Crippen LogP contribution in [0.4, 0.5) is 0 Å². The maximum Gasteiger partial charge on any atom is 0.0991 e. The highest BCUT2D eigenvalue weighted by atomic mass is 16.5. The van der Waals surface area contributed by atoms with Crippen LogP contribution in [0.15, 0.2) is 36.4 Å². The molecule has 1 aromatic rings. The van der Waals surface area contributed by atoms with Gasteiger partial charge >= 0.3 is 0 Å². The molecule has 0 unspecified atom stereocenters. The molecule has 2 nitrogen and oxygen atoms in total. The molecule has 2 rings (SSSR count). The molecule has 1 fully saturated rings. The van der Waals surface area contributed by atoms with Crippen LogP contribution in [0.1, 0.15) is 62.5 Å². The van der Waals surface area contributed by atoms with Gasteiger partial charge in [0.25, 0.3) is 0 Å². The van der Waals surface area contributed by atoms with Gasteiger partial charge < -0.3 is 4.74 Å². The summed E-state index contributed by atoms with van der Waals surface area (Å²) in [6.07, 6.45) is 11.7. The van der Waals surface area contributed by atoms with Crippen LogP contribution in [-0.2, 0) is 4.74 Å². The normalized spacial score (nSPS) is 22.3. The average Bonchev–Trinajstić information content (AvgIpc) is 2.55. The maximum absolute atomic E-state index is 8.84. The number of rotatable bonds is 6. The molecule has 0 bridgehead atoms. The second-order valence-corrected chi connectivity index (χ2v) is 5.79. The topological polar surface area (TPSA) is 33.0 Å². The van der Waals surface area contributed by atoms with E-state index in [0.29, 0.717) is 12.0 Å². The zero-order valence-corrected chi connectivity index (χ0v) is 12.9. The first-order valence-corrected chi connectivity index (χ1v) is 8.06. The first-order valence-electron chi connectivity index (χ1n) is 8.06. The van der Waals surface area contributed by atoms with Crippen LogP contribution >= 0.6 is 0 Å². The molecule has 21 heavy (non-hydrogen) atoms. The molecule has 0 heterocycles. The number of nitrogens with zero attached hydrogens (tertiary/aromatic N) is 1. The van der Waals surface area contributed by atoms with E-state index in [0.717, 1.165) is 37.9 Å². The van der Waals surface area contributed by atoms with Gasteiger partial charge in [-0.15, -0.1) is 0 Å². The molecule has 1 aliphatic rings. The van der Waals surface area contributed by atoms with Crippen molar-refractivity contribution in [1.29, 1.82) is 5.26 Å². The summed E-state index contributed by atoms with van der Waals surface area (Å²) in [5.41, 5.74) is 2.12. The van der Waals surface area contributed by atoms with Gasteiger partial charge in [0.1, 0.15) is 0 Å². The van der Waals surface area contributed by atoms with Crippen LogP contribution in [0, 0.1) is 11.3 Å². The lowest BCUT2D eigenvalue weighted by molar-refractivity contribution is 0.0238. The van der Waals surface area contributed by atoms with Crippen LogP contribution in [0.5, 0.6) is 0 Å². The minimum Gasteiger partial charge on any atom is -0.378 e. The number of unbranched alkanes of at least 4 members (excludes halogenated alkanes) is 1. The largest absolute Gasteiger partial charge is 0.378 e. The lowest BCUT2D eigenvalue weighted by Gasteiger charge is -2.29. The van der Waals surface area contributed by atoms with E-state index in [4.69, 9.17) is 10.00 Å². The van der Waals surface area contributed by atoms with E-state index >= 15 is 0 Å². The third-order valence-electron chi connectivity index (χ3n) is 4.29. The molecule has 2 heteroatoms. The summed E-state index contributed by atoms with van der Waals surface area (Å²) >= 11 is 0. The minimum atomic E-state index is 0.449. The molecule has 1 saturated carbocycles. The van der Waals surface area contributed by atoms with Crippen molar-refractivity contribution in [3.8, 4) is 6.07 Å². The number of hydrogen-bond acceptors (Lipinski definition) is 2. The molecule has 0 N–H and O–H groups in total. The number of benzene rings is 1. The quantitative estimate of drug-likeness (QED) is 0.546. The summed E-state index contributed by atoms with van der Waals surface area (Å²) < 4.78 is 5.97. The summed E-state index contributed by atoms with van der Waals surface area (Å²) in [7, 11) is 0. The van der Waals surface area contributed by atoms with E-state index in [1.807, 2.05) is 12.1 Å². The molecule has 1 aliphatic carbocycles. The molecular formula is C19H25NO. The van der Waals surface area contributed by atoms with Crippen molar-refractivity contribution in [2.75, 3.05) is 6.61 Å². The van der Waals surface area contributed by atoms with E-state index in [9.17, 15) is 0 Å². The fourth-order valence-electron chi connectivity index (χ4n) is 3.01. The highest BCUT2D eigenvalue weighted by Gasteiger charge is 2.22. The van der Waals surface area contributed by atoms with Gasteiger partial charge in [0, 0.05) is 6.61 Å². The van der Waals surface area contributed by atoms with E-state index in [1.165, 1.54) is 18.4 Å². The lowest BCUT2D eigenvalue weighted by atomic mass is 9.82. The predicted molar refractivity (Wildman–Crippen MR) is 86.2 cm³/mol. The third-order valence-corrected chi connectivity index (χ3v) is 4.29. The Morgan fingerprint density at radius 2 is 1.90 bits per heavy atom. The van der Waals surface area contributed by atoms with Gasteiger partial charge in [-0.1, -0.05) is 24.3 Å². The molecule has 0 spiro atoms. The van der Waals surface area contributed by atoms with Crippen molar-refractivity contribution in [3.63, 3.8) is 0 Å². The van der Waals surface area contributed by atoms with Gasteiger partial charge in [-0.3, -0.25) is 0 Å². The maximum atomic E-state index is 8.84. The molecular weight excluding hydrogens is 258 g/mol.